The standard InChI is InChI=1S/C16H30N2O3/c1-7-11(2)13-15(20)18(12(3)14(19)17-13)10-16(4,5)8-9-21-6/h11-13H,7-10H2,1-6H3,(H,17,19). The van der Waals surface area contributed by atoms with Crippen LogP contribution in [0.3, 0.4) is 0 Å². The van der Waals surface area contributed by atoms with Crippen LogP contribution in [0, 0.1) is 11.3 Å². The number of carbonyl (C=O) groups is 2. The maximum Gasteiger partial charge on any atom is 0.246 e. The van der Waals surface area contributed by atoms with Gasteiger partial charge in [-0.1, -0.05) is 34.1 Å². The van der Waals surface area contributed by atoms with Gasteiger partial charge in [0.1, 0.15) is 12.1 Å². The summed E-state index contributed by atoms with van der Waals surface area (Å²) in [6, 6.07) is -0.795. The zero-order valence-electron chi connectivity index (χ0n) is 14.2. The highest BCUT2D eigenvalue weighted by atomic mass is 16.5. The minimum Gasteiger partial charge on any atom is -0.385 e. The minimum atomic E-state index is -0.403. The maximum atomic E-state index is 12.7. The van der Waals surface area contributed by atoms with Crippen LogP contribution in [0.25, 0.3) is 0 Å². The van der Waals surface area contributed by atoms with E-state index in [-0.39, 0.29) is 23.1 Å². The van der Waals surface area contributed by atoms with Gasteiger partial charge in [0.05, 0.1) is 0 Å². The third-order valence-electron chi connectivity index (χ3n) is 4.49. The zero-order valence-corrected chi connectivity index (χ0v) is 14.2. The van der Waals surface area contributed by atoms with Gasteiger partial charge in [-0.3, -0.25) is 9.59 Å². The first-order chi connectivity index (χ1) is 9.73. The zero-order chi connectivity index (χ0) is 16.2. The molecule has 122 valence electrons. The van der Waals surface area contributed by atoms with Crippen LogP contribution in [0.2, 0.25) is 0 Å². The van der Waals surface area contributed by atoms with Crippen LogP contribution in [-0.2, 0) is 14.3 Å². The van der Waals surface area contributed by atoms with Crippen LogP contribution in [0.15, 0.2) is 0 Å². The number of hydrogen-bond donors (Lipinski definition) is 1. The summed E-state index contributed by atoms with van der Waals surface area (Å²) in [4.78, 5) is 26.6. The Labute approximate surface area is 128 Å². The summed E-state index contributed by atoms with van der Waals surface area (Å²) in [5.41, 5.74) is -0.0719. The first-order valence-corrected chi connectivity index (χ1v) is 7.83. The van der Waals surface area contributed by atoms with Crippen molar-refractivity contribution >= 4 is 11.8 Å². The van der Waals surface area contributed by atoms with Gasteiger partial charge in [0, 0.05) is 20.3 Å². The van der Waals surface area contributed by atoms with Crippen LogP contribution >= 0.6 is 0 Å². The van der Waals surface area contributed by atoms with E-state index in [2.05, 4.69) is 19.2 Å². The van der Waals surface area contributed by atoms with Crippen LogP contribution in [-0.4, -0.2) is 49.1 Å². The van der Waals surface area contributed by atoms with Crippen molar-refractivity contribution in [2.75, 3.05) is 20.3 Å². The number of carbonyl (C=O) groups excluding carboxylic acids is 2. The van der Waals surface area contributed by atoms with Crippen molar-refractivity contribution in [3.8, 4) is 0 Å². The lowest BCUT2D eigenvalue weighted by Gasteiger charge is -2.42. The number of rotatable bonds is 7. The first-order valence-electron chi connectivity index (χ1n) is 7.83. The average Bonchev–Trinajstić information content (AvgIpc) is 2.44. The minimum absolute atomic E-state index is 0.0435. The van der Waals surface area contributed by atoms with Gasteiger partial charge in [-0.2, -0.15) is 0 Å². The van der Waals surface area contributed by atoms with E-state index in [0.29, 0.717) is 13.2 Å². The molecule has 21 heavy (non-hydrogen) atoms. The highest BCUT2D eigenvalue weighted by Gasteiger charge is 2.41. The molecule has 0 aromatic carbocycles. The average molecular weight is 298 g/mol. The molecule has 5 nitrogen and oxygen atoms in total. The second-order valence-electron chi connectivity index (χ2n) is 6.92. The molecule has 1 N–H and O–H groups in total. The number of piperazine rings is 1. The molecule has 0 aromatic heterocycles. The number of methoxy groups -OCH3 is 1. The van der Waals surface area contributed by atoms with Gasteiger partial charge in [-0.15, -0.1) is 0 Å². The van der Waals surface area contributed by atoms with E-state index in [0.717, 1.165) is 12.8 Å². The van der Waals surface area contributed by atoms with Crippen molar-refractivity contribution in [1.29, 1.82) is 0 Å². The molecule has 0 aromatic rings. The lowest BCUT2D eigenvalue weighted by atomic mass is 9.86. The van der Waals surface area contributed by atoms with E-state index in [9.17, 15) is 9.59 Å². The number of nitrogens with zero attached hydrogens (tertiary/aromatic N) is 1. The summed E-state index contributed by atoms with van der Waals surface area (Å²) in [7, 11) is 1.68. The summed E-state index contributed by atoms with van der Waals surface area (Å²) in [5.74, 6) is 0.142. The number of nitrogens with one attached hydrogen (secondary N) is 1. The van der Waals surface area contributed by atoms with Crippen molar-refractivity contribution in [2.45, 2.75) is 59.5 Å². The molecule has 1 aliphatic heterocycles. The summed E-state index contributed by atoms with van der Waals surface area (Å²) in [5, 5.41) is 2.87. The van der Waals surface area contributed by atoms with Crippen LogP contribution < -0.4 is 5.32 Å². The molecule has 0 aliphatic carbocycles. The SMILES string of the molecule is CCC(C)C1NC(=O)C(C)N(CC(C)(C)CCOC)C1=O. The monoisotopic (exact) mass is 298 g/mol. The normalized spacial score (nSPS) is 25.0. The number of hydrogen-bond acceptors (Lipinski definition) is 3. The van der Waals surface area contributed by atoms with Crippen molar-refractivity contribution in [3.05, 3.63) is 0 Å². The van der Waals surface area contributed by atoms with Gasteiger partial charge in [-0.05, 0) is 24.7 Å². The molecule has 0 spiro atoms. The van der Waals surface area contributed by atoms with Crippen LogP contribution in [0.1, 0.15) is 47.5 Å². The largest absolute Gasteiger partial charge is 0.385 e. The molecule has 1 aliphatic rings. The lowest BCUT2D eigenvalue weighted by molar-refractivity contribution is -0.151. The summed E-state index contributed by atoms with van der Waals surface area (Å²) < 4.78 is 5.14. The van der Waals surface area contributed by atoms with Gasteiger partial charge < -0.3 is 15.0 Å². The molecule has 1 saturated heterocycles. The Hall–Kier alpha value is -1.10. The van der Waals surface area contributed by atoms with Gasteiger partial charge in [-0.25, -0.2) is 0 Å². The Morgan fingerprint density at radius 1 is 1.38 bits per heavy atom. The number of amides is 2. The van der Waals surface area contributed by atoms with Gasteiger partial charge in [0.25, 0.3) is 0 Å². The topological polar surface area (TPSA) is 58.6 Å². The van der Waals surface area contributed by atoms with Crippen molar-refractivity contribution < 1.29 is 14.3 Å². The molecule has 1 heterocycles. The van der Waals surface area contributed by atoms with E-state index in [1.807, 2.05) is 13.8 Å². The predicted molar refractivity (Wildman–Crippen MR) is 82.8 cm³/mol. The maximum absolute atomic E-state index is 12.7. The Balaban J connectivity index is 2.86. The summed E-state index contributed by atoms with van der Waals surface area (Å²) in [6.07, 6.45) is 1.72. The molecule has 0 saturated carbocycles. The van der Waals surface area contributed by atoms with E-state index >= 15 is 0 Å². The van der Waals surface area contributed by atoms with Crippen molar-refractivity contribution in [3.63, 3.8) is 0 Å². The predicted octanol–water partition coefficient (Wildman–Crippen LogP) is 1.81. The first kappa shape index (κ1) is 18.0. The third-order valence-corrected chi connectivity index (χ3v) is 4.49. The fourth-order valence-electron chi connectivity index (χ4n) is 2.60. The summed E-state index contributed by atoms with van der Waals surface area (Å²) in [6.45, 7) is 11.3. The van der Waals surface area contributed by atoms with Crippen molar-refractivity contribution in [2.24, 2.45) is 11.3 Å². The molecular formula is C16H30N2O3. The van der Waals surface area contributed by atoms with Gasteiger partial charge >= 0.3 is 0 Å². The molecule has 3 unspecified atom stereocenters. The van der Waals surface area contributed by atoms with E-state index in [1.165, 1.54) is 0 Å². The van der Waals surface area contributed by atoms with Gasteiger partial charge in [0.2, 0.25) is 11.8 Å². The quantitative estimate of drug-likeness (QED) is 0.780. The molecule has 1 rings (SSSR count). The molecule has 3 atom stereocenters. The molecule has 0 radical (unpaired) electrons. The summed E-state index contributed by atoms with van der Waals surface area (Å²) >= 11 is 0. The Kier molecular flexibility index (Phi) is 6.20. The molecule has 0 bridgehead atoms. The second kappa shape index (κ2) is 7.25. The van der Waals surface area contributed by atoms with E-state index < -0.39 is 12.1 Å². The fraction of sp³-hybridized carbons (Fsp3) is 0.875. The van der Waals surface area contributed by atoms with Crippen LogP contribution in [0.5, 0.6) is 0 Å². The van der Waals surface area contributed by atoms with Gasteiger partial charge in [0.15, 0.2) is 0 Å². The Morgan fingerprint density at radius 2 is 2.00 bits per heavy atom. The van der Waals surface area contributed by atoms with Crippen LogP contribution in [0.4, 0.5) is 0 Å². The van der Waals surface area contributed by atoms with E-state index in [4.69, 9.17) is 4.74 Å². The highest BCUT2D eigenvalue weighted by Crippen LogP contribution is 2.26. The number of ether oxygens (including phenoxy) is 1. The third kappa shape index (κ3) is 4.43. The lowest BCUT2D eigenvalue weighted by Crippen LogP contribution is -2.65. The Bertz CT molecular complexity index is 382. The van der Waals surface area contributed by atoms with E-state index in [1.54, 1.807) is 18.9 Å². The highest BCUT2D eigenvalue weighted by molar-refractivity contribution is 5.96. The van der Waals surface area contributed by atoms with Crippen molar-refractivity contribution in [1.82, 2.24) is 10.2 Å². The smallest absolute Gasteiger partial charge is 0.246 e. The molecule has 2 amide bonds. The Morgan fingerprint density at radius 3 is 2.52 bits per heavy atom. The molecule has 5 heteroatoms. The molecular weight excluding hydrogens is 268 g/mol. The fourth-order valence-corrected chi connectivity index (χ4v) is 2.60. The second-order valence-corrected chi connectivity index (χ2v) is 6.92. The molecule has 1 fully saturated rings.